The molecule has 0 spiro atoms. The lowest BCUT2D eigenvalue weighted by Crippen LogP contribution is -2.45. The van der Waals surface area contributed by atoms with E-state index in [1.807, 2.05) is 36.4 Å². The van der Waals surface area contributed by atoms with Crippen LogP contribution in [0.3, 0.4) is 0 Å². The van der Waals surface area contributed by atoms with E-state index in [1.54, 1.807) is 12.1 Å². The van der Waals surface area contributed by atoms with E-state index < -0.39 is 6.04 Å². The predicted molar refractivity (Wildman–Crippen MR) is 181 cm³/mol. The molecule has 0 saturated carbocycles. The summed E-state index contributed by atoms with van der Waals surface area (Å²) in [6, 6.07) is 15.2. The second-order valence-corrected chi connectivity index (χ2v) is 9.88. The van der Waals surface area contributed by atoms with E-state index in [4.69, 9.17) is 9.59 Å². The van der Waals surface area contributed by atoms with Crippen molar-refractivity contribution in [2.45, 2.75) is 70.8 Å². The number of anilines is 1. The third kappa shape index (κ3) is 21.4. The molecule has 0 saturated heterocycles. The molecule has 238 valence electrons. The highest BCUT2D eigenvalue weighted by Gasteiger charge is 2.21. The third-order valence-electron chi connectivity index (χ3n) is 6.20. The highest BCUT2D eigenvalue weighted by molar-refractivity contribution is 5.97. The number of nitrogens with one attached hydrogen (secondary N) is 2. The fourth-order valence-electron chi connectivity index (χ4n) is 3.95. The van der Waals surface area contributed by atoms with Gasteiger partial charge in [0.2, 0.25) is 11.8 Å². The summed E-state index contributed by atoms with van der Waals surface area (Å²) in [5, 5.41) is 15.2. The van der Waals surface area contributed by atoms with Crippen molar-refractivity contribution < 1.29 is 24.3 Å². The monoisotopic (exact) mass is 610 g/mol. The predicted octanol–water partition coefficient (Wildman–Crippen LogP) is 7.95. The molecule has 7 nitrogen and oxygen atoms in total. The van der Waals surface area contributed by atoms with E-state index in [0.29, 0.717) is 24.9 Å². The normalized spacial score (nSPS) is 12.2. The fourth-order valence-corrected chi connectivity index (χ4v) is 3.95. The highest BCUT2D eigenvalue weighted by Crippen LogP contribution is 2.15. The number of hydrogen-bond acceptors (Lipinski definition) is 5. The Hall–Kier alpha value is -5.00. The molecule has 0 bridgehead atoms. The molecule has 7 heteroatoms. The van der Waals surface area contributed by atoms with Crippen molar-refractivity contribution in [1.29, 1.82) is 0 Å². The first kappa shape index (κ1) is 38.0. The Morgan fingerprint density at radius 2 is 1.18 bits per heavy atom. The van der Waals surface area contributed by atoms with Gasteiger partial charge in [0.15, 0.2) is 0 Å². The summed E-state index contributed by atoms with van der Waals surface area (Å²) >= 11 is 0. The molecule has 3 N–H and O–H groups in total. The zero-order chi connectivity index (χ0) is 32.8. The summed E-state index contributed by atoms with van der Waals surface area (Å²) in [4.78, 5) is 41.9. The van der Waals surface area contributed by atoms with Crippen molar-refractivity contribution in [2.24, 2.45) is 0 Å². The Morgan fingerprint density at radius 3 is 1.67 bits per heavy atom. The molecule has 0 aromatic heterocycles. The van der Waals surface area contributed by atoms with Gasteiger partial charge in [0, 0.05) is 18.5 Å². The van der Waals surface area contributed by atoms with Gasteiger partial charge in [-0.1, -0.05) is 110 Å². The zero-order valence-electron chi connectivity index (χ0n) is 26.1. The van der Waals surface area contributed by atoms with E-state index >= 15 is 0 Å². The Balaban J connectivity index is 0.00000324. The van der Waals surface area contributed by atoms with Gasteiger partial charge in [-0.3, -0.25) is 9.59 Å². The Bertz CT molecular complexity index is 1300. The van der Waals surface area contributed by atoms with Crippen LogP contribution in [0.15, 0.2) is 128 Å². The van der Waals surface area contributed by atoms with Crippen molar-refractivity contribution in [3.8, 4) is 5.75 Å². The Kier molecular flexibility index (Phi) is 22.5. The van der Waals surface area contributed by atoms with Crippen LogP contribution in [0.4, 0.5) is 5.69 Å². The molecule has 2 amide bonds. The molecule has 2 aromatic rings. The van der Waals surface area contributed by atoms with Crippen molar-refractivity contribution in [2.75, 3.05) is 5.32 Å². The van der Waals surface area contributed by atoms with Crippen molar-refractivity contribution >= 4 is 23.7 Å². The second kappa shape index (κ2) is 26.6. The van der Waals surface area contributed by atoms with Gasteiger partial charge in [0.25, 0.3) is 0 Å². The molecule has 0 fully saturated rings. The topological polar surface area (TPSA) is 113 Å². The van der Waals surface area contributed by atoms with Crippen LogP contribution < -0.4 is 10.6 Å². The number of phenolic OH excluding ortho intramolecular Hbond substituents is 1. The van der Waals surface area contributed by atoms with Crippen molar-refractivity contribution in [3.63, 3.8) is 0 Å². The number of benzene rings is 2. The summed E-state index contributed by atoms with van der Waals surface area (Å²) in [5.41, 5.74) is 1.52. The van der Waals surface area contributed by atoms with E-state index in [1.165, 1.54) is 12.1 Å². The molecule has 2 rings (SSSR count). The second-order valence-electron chi connectivity index (χ2n) is 9.88. The quantitative estimate of drug-likeness (QED) is 0.110. The summed E-state index contributed by atoms with van der Waals surface area (Å²) in [6.45, 7) is 2.15. The molecule has 0 aliphatic carbocycles. The first-order valence-corrected chi connectivity index (χ1v) is 15.3. The molecule has 1 unspecified atom stereocenters. The Labute approximate surface area is 267 Å². The maximum absolute atomic E-state index is 13.0. The minimum absolute atomic E-state index is 0.122. The number of phenols is 1. The number of carbonyl (C=O) groups is 2. The average molecular weight is 611 g/mol. The van der Waals surface area contributed by atoms with Crippen LogP contribution in [0.2, 0.25) is 0 Å². The molecular weight excluding hydrogens is 564 g/mol. The van der Waals surface area contributed by atoms with Gasteiger partial charge in [-0.05, 0) is 74.8 Å². The minimum atomic E-state index is -0.709. The van der Waals surface area contributed by atoms with E-state index in [-0.39, 0.29) is 23.7 Å². The van der Waals surface area contributed by atoms with Crippen molar-refractivity contribution in [3.05, 3.63) is 133 Å². The number of rotatable bonds is 19. The minimum Gasteiger partial charge on any atom is -0.508 e. The summed E-state index contributed by atoms with van der Waals surface area (Å²) in [5.74, 6) is -0.348. The van der Waals surface area contributed by atoms with Gasteiger partial charge >= 0.3 is 6.15 Å². The summed E-state index contributed by atoms with van der Waals surface area (Å²) in [6.07, 6.45) is 33.2. The van der Waals surface area contributed by atoms with Gasteiger partial charge in [-0.2, -0.15) is 9.59 Å². The lowest BCUT2D eigenvalue weighted by Gasteiger charge is -2.19. The van der Waals surface area contributed by atoms with Gasteiger partial charge in [0.1, 0.15) is 11.8 Å². The molecule has 0 heterocycles. The summed E-state index contributed by atoms with van der Waals surface area (Å²) < 4.78 is 0. The number of aromatic hydroxyl groups is 1. The van der Waals surface area contributed by atoms with Crippen LogP contribution >= 0.6 is 0 Å². The maximum atomic E-state index is 13.0. The van der Waals surface area contributed by atoms with E-state index in [0.717, 1.165) is 44.1 Å². The van der Waals surface area contributed by atoms with Crippen LogP contribution in [0, 0.1) is 0 Å². The van der Waals surface area contributed by atoms with Gasteiger partial charge in [-0.25, -0.2) is 0 Å². The zero-order valence-corrected chi connectivity index (χ0v) is 26.1. The lowest BCUT2D eigenvalue weighted by molar-refractivity contribution is -0.191. The van der Waals surface area contributed by atoms with Crippen LogP contribution in [0.25, 0.3) is 0 Å². The molecule has 0 aliphatic rings. The van der Waals surface area contributed by atoms with Gasteiger partial charge in [-0.15, -0.1) is 0 Å². The highest BCUT2D eigenvalue weighted by atomic mass is 16.3. The number of amides is 2. The molecule has 0 radical (unpaired) electrons. The van der Waals surface area contributed by atoms with E-state index in [2.05, 4.69) is 84.4 Å². The molecule has 2 aromatic carbocycles. The van der Waals surface area contributed by atoms with Crippen LogP contribution in [-0.4, -0.2) is 29.1 Å². The van der Waals surface area contributed by atoms with Crippen molar-refractivity contribution in [1.82, 2.24) is 5.32 Å². The number of allylic oxidation sites excluding steroid dienone is 12. The average Bonchev–Trinajstić information content (AvgIpc) is 3.04. The molecular formula is C38H46N2O5. The first-order chi connectivity index (χ1) is 22.0. The van der Waals surface area contributed by atoms with Gasteiger partial charge in [0.05, 0.1) is 0 Å². The number of hydrogen-bond donors (Lipinski definition) is 3. The third-order valence-corrected chi connectivity index (χ3v) is 6.20. The van der Waals surface area contributed by atoms with Crippen LogP contribution in [-0.2, 0) is 25.6 Å². The Morgan fingerprint density at radius 1 is 0.711 bits per heavy atom. The fraction of sp³-hybridized carbons (Fsp3) is 0.289. The SMILES string of the molecule is CC/C=C\C/C=C\C/C=C\C/C=C\C/C=C\C/C=C\CCC(=O)NC(Cc1ccccc1)C(=O)Nc1ccc(O)cc1.O=C=O. The maximum Gasteiger partial charge on any atom is 0.373 e. The smallest absolute Gasteiger partial charge is 0.373 e. The van der Waals surface area contributed by atoms with Gasteiger partial charge < -0.3 is 15.7 Å². The van der Waals surface area contributed by atoms with Crippen LogP contribution in [0.1, 0.15) is 63.9 Å². The summed E-state index contributed by atoms with van der Waals surface area (Å²) in [7, 11) is 0. The molecule has 45 heavy (non-hydrogen) atoms. The first-order valence-electron chi connectivity index (χ1n) is 15.3. The lowest BCUT2D eigenvalue weighted by atomic mass is 10.0. The molecule has 0 aliphatic heterocycles. The van der Waals surface area contributed by atoms with Crippen LogP contribution in [0.5, 0.6) is 5.75 Å². The standard InChI is InChI=1S/C37H46N2O3.CO2/c1-2-3-4-5-6-7-8-9-10-11-12-13-14-15-16-17-18-19-23-26-36(41)39-35(31-32-24-21-20-22-25-32)37(42)38-33-27-29-34(40)30-28-33;2-1-3/h3-4,6-7,9-10,12-13,15-16,18-22,24-25,27-30,35,40H,2,5,8,11,14,17,23,26,31H2,1H3,(H,38,42)(H,39,41);/b4-3-,7-6-,10-9-,13-12-,16-15-,19-18-;. The van der Waals surface area contributed by atoms with E-state index in [9.17, 15) is 14.7 Å². The number of carbonyl (C=O) groups excluding carboxylic acids is 4. The molecule has 1 atom stereocenters. The largest absolute Gasteiger partial charge is 0.508 e.